The fourth-order valence-electron chi connectivity index (χ4n) is 4.06. The first-order valence-electron chi connectivity index (χ1n) is 10.2. The Morgan fingerprint density at radius 3 is 2.00 bits per heavy atom. The van der Waals surface area contributed by atoms with Crippen LogP contribution in [-0.4, -0.2) is 62.3 Å². The molecule has 2 aliphatic rings. The van der Waals surface area contributed by atoms with Gasteiger partial charge in [0.15, 0.2) is 0 Å². The number of piperidine rings is 1. The van der Waals surface area contributed by atoms with Crippen LogP contribution < -0.4 is 4.72 Å². The van der Waals surface area contributed by atoms with Gasteiger partial charge in [0.1, 0.15) is 0 Å². The summed E-state index contributed by atoms with van der Waals surface area (Å²) in [6, 6.07) is 15.2. The molecule has 0 aliphatic carbocycles. The van der Waals surface area contributed by atoms with E-state index in [9.17, 15) is 18.0 Å². The number of amides is 2. The number of carbonyl (C=O) groups is 2. The molecule has 0 radical (unpaired) electrons. The van der Waals surface area contributed by atoms with E-state index in [1.54, 1.807) is 54.6 Å². The lowest BCUT2D eigenvalue weighted by Crippen LogP contribution is -2.45. The number of hydrogen-bond acceptors (Lipinski definition) is 5. The van der Waals surface area contributed by atoms with E-state index < -0.39 is 10.0 Å². The van der Waals surface area contributed by atoms with Gasteiger partial charge in [-0.25, -0.2) is 13.1 Å². The molecule has 0 saturated carbocycles. The molecule has 1 saturated heterocycles. The first-order valence-corrected chi connectivity index (χ1v) is 11.7. The van der Waals surface area contributed by atoms with Crippen molar-refractivity contribution in [3.63, 3.8) is 0 Å². The van der Waals surface area contributed by atoms with Crippen LogP contribution in [0.3, 0.4) is 0 Å². The van der Waals surface area contributed by atoms with Crippen molar-refractivity contribution >= 4 is 21.8 Å². The smallest absolute Gasteiger partial charge is 0.261 e. The van der Waals surface area contributed by atoms with Gasteiger partial charge >= 0.3 is 0 Å². The molecule has 0 unspecified atom stereocenters. The number of likely N-dealkylation sites (tertiary alicyclic amines) is 1. The van der Waals surface area contributed by atoms with Gasteiger partial charge in [-0.3, -0.25) is 14.5 Å². The minimum absolute atomic E-state index is 0.0808. The van der Waals surface area contributed by atoms with Gasteiger partial charge in [-0.2, -0.15) is 0 Å². The lowest BCUT2D eigenvalue weighted by molar-refractivity contribution is 0.0645. The number of fused-ring (bicyclic) bond motifs is 1. The standard InChI is InChI=1S/C22H25N3O4S/c26-21-19-9-4-5-10-20(19)22(27)25(21)14-6-13-24-15-11-17(12-16-24)23-30(28,29)18-7-2-1-3-8-18/h1-5,7-10,17,23H,6,11-16H2. The fraction of sp³-hybridized carbons (Fsp3) is 0.364. The maximum Gasteiger partial charge on any atom is 0.261 e. The van der Waals surface area contributed by atoms with Crippen molar-refractivity contribution in [2.75, 3.05) is 26.2 Å². The Balaban J connectivity index is 1.23. The highest BCUT2D eigenvalue weighted by atomic mass is 32.2. The Morgan fingerprint density at radius 1 is 0.833 bits per heavy atom. The molecule has 1 fully saturated rings. The summed E-state index contributed by atoms with van der Waals surface area (Å²) in [7, 11) is -3.49. The highest BCUT2D eigenvalue weighted by Crippen LogP contribution is 2.22. The fourth-order valence-corrected chi connectivity index (χ4v) is 5.38. The van der Waals surface area contributed by atoms with E-state index in [4.69, 9.17) is 0 Å². The third-order valence-electron chi connectivity index (χ3n) is 5.70. The average molecular weight is 428 g/mol. The van der Waals surface area contributed by atoms with Crippen LogP contribution in [-0.2, 0) is 10.0 Å². The molecule has 2 heterocycles. The second-order valence-corrected chi connectivity index (χ2v) is 9.43. The van der Waals surface area contributed by atoms with Crippen LogP contribution in [0.15, 0.2) is 59.5 Å². The molecule has 2 aromatic rings. The van der Waals surface area contributed by atoms with Crippen LogP contribution in [0.1, 0.15) is 40.0 Å². The van der Waals surface area contributed by atoms with E-state index in [-0.39, 0.29) is 22.8 Å². The molecule has 8 heteroatoms. The van der Waals surface area contributed by atoms with Gasteiger partial charge in [-0.1, -0.05) is 30.3 Å². The number of nitrogens with one attached hydrogen (secondary N) is 1. The van der Waals surface area contributed by atoms with Gasteiger partial charge in [-0.15, -0.1) is 0 Å². The number of hydrogen-bond donors (Lipinski definition) is 1. The largest absolute Gasteiger partial charge is 0.303 e. The summed E-state index contributed by atoms with van der Waals surface area (Å²) in [5.74, 6) is -0.436. The quantitative estimate of drug-likeness (QED) is 0.684. The summed E-state index contributed by atoms with van der Waals surface area (Å²) in [4.78, 5) is 28.7. The molecule has 7 nitrogen and oxygen atoms in total. The van der Waals surface area contributed by atoms with Crippen molar-refractivity contribution < 1.29 is 18.0 Å². The summed E-state index contributed by atoms with van der Waals surface area (Å²) in [5, 5.41) is 0. The van der Waals surface area contributed by atoms with E-state index in [1.165, 1.54) is 4.90 Å². The lowest BCUT2D eigenvalue weighted by Gasteiger charge is -2.32. The zero-order valence-corrected chi connectivity index (χ0v) is 17.5. The maximum absolute atomic E-state index is 12.5. The van der Waals surface area contributed by atoms with Gasteiger partial charge in [0.05, 0.1) is 16.0 Å². The summed E-state index contributed by atoms with van der Waals surface area (Å²) in [6.07, 6.45) is 2.17. The molecule has 30 heavy (non-hydrogen) atoms. The van der Waals surface area contributed by atoms with Crippen LogP contribution in [0.4, 0.5) is 0 Å². The molecule has 0 atom stereocenters. The Bertz CT molecular complexity index is 996. The third-order valence-corrected chi connectivity index (χ3v) is 7.23. The normalized spacial score (nSPS) is 18.1. The lowest BCUT2D eigenvalue weighted by atomic mass is 10.1. The molecule has 158 valence electrons. The molecule has 0 spiro atoms. The van der Waals surface area contributed by atoms with Crippen LogP contribution in [0.5, 0.6) is 0 Å². The highest BCUT2D eigenvalue weighted by molar-refractivity contribution is 7.89. The van der Waals surface area contributed by atoms with Crippen molar-refractivity contribution in [3.05, 3.63) is 65.7 Å². The Hall–Kier alpha value is -2.55. The predicted octanol–water partition coefficient (Wildman–Crippen LogP) is 2.12. The van der Waals surface area contributed by atoms with Gasteiger partial charge in [-0.05, 0) is 63.2 Å². The monoisotopic (exact) mass is 427 g/mol. The number of nitrogens with zero attached hydrogens (tertiary/aromatic N) is 2. The van der Waals surface area contributed by atoms with E-state index in [1.807, 2.05) is 0 Å². The van der Waals surface area contributed by atoms with Crippen LogP contribution >= 0.6 is 0 Å². The number of rotatable bonds is 7. The molecule has 0 aromatic heterocycles. The maximum atomic E-state index is 12.5. The number of imide groups is 1. The van der Waals surface area contributed by atoms with Crippen molar-refractivity contribution in [1.82, 2.24) is 14.5 Å². The molecule has 1 N–H and O–H groups in total. The van der Waals surface area contributed by atoms with E-state index in [2.05, 4.69) is 9.62 Å². The number of carbonyl (C=O) groups excluding carboxylic acids is 2. The Labute approximate surface area is 176 Å². The Morgan fingerprint density at radius 2 is 1.40 bits per heavy atom. The minimum atomic E-state index is -3.49. The molecule has 0 bridgehead atoms. The predicted molar refractivity (Wildman–Crippen MR) is 113 cm³/mol. The molecular formula is C22H25N3O4S. The second kappa shape index (κ2) is 8.67. The molecule has 2 aromatic carbocycles. The van der Waals surface area contributed by atoms with Crippen LogP contribution in [0, 0.1) is 0 Å². The summed E-state index contributed by atoms with van der Waals surface area (Å²) < 4.78 is 27.7. The third kappa shape index (κ3) is 4.30. The molecule has 2 aliphatic heterocycles. The summed E-state index contributed by atoms with van der Waals surface area (Å²) in [5.41, 5.74) is 0.961. The summed E-state index contributed by atoms with van der Waals surface area (Å²) >= 11 is 0. The SMILES string of the molecule is O=C1c2ccccc2C(=O)N1CCCN1CCC(NS(=O)(=O)c2ccccc2)CC1. The van der Waals surface area contributed by atoms with Crippen molar-refractivity contribution in [2.24, 2.45) is 0 Å². The molecule has 4 rings (SSSR count). The first-order chi connectivity index (χ1) is 14.5. The van der Waals surface area contributed by atoms with Crippen LogP contribution in [0.25, 0.3) is 0 Å². The van der Waals surface area contributed by atoms with Gasteiger partial charge < -0.3 is 4.90 Å². The first kappa shape index (κ1) is 20.7. The average Bonchev–Trinajstić information content (AvgIpc) is 3.00. The highest BCUT2D eigenvalue weighted by Gasteiger charge is 2.34. The van der Waals surface area contributed by atoms with Crippen molar-refractivity contribution in [1.29, 1.82) is 0 Å². The van der Waals surface area contributed by atoms with Gasteiger partial charge in [0.2, 0.25) is 10.0 Å². The van der Waals surface area contributed by atoms with Crippen molar-refractivity contribution in [2.45, 2.75) is 30.2 Å². The van der Waals surface area contributed by atoms with Crippen LogP contribution in [0.2, 0.25) is 0 Å². The van der Waals surface area contributed by atoms with E-state index >= 15 is 0 Å². The number of sulfonamides is 1. The zero-order valence-electron chi connectivity index (χ0n) is 16.7. The van der Waals surface area contributed by atoms with E-state index in [0.717, 1.165) is 32.5 Å². The van der Waals surface area contributed by atoms with Gasteiger partial charge in [0.25, 0.3) is 11.8 Å². The molecule has 2 amide bonds. The number of benzene rings is 2. The topological polar surface area (TPSA) is 86.8 Å². The van der Waals surface area contributed by atoms with E-state index in [0.29, 0.717) is 24.1 Å². The molecular weight excluding hydrogens is 402 g/mol. The summed E-state index contributed by atoms with van der Waals surface area (Å²) in [6.45, 7) is 2.73. The Kier molecular flexibility index (Phi) is 5.99. The van der Waals surface area contributed by atoms with Crippen molar-refractivity contribution in [3.8, 4) is 0 Å². The zero-order chi connectivity index (χ0) is 21.1. The van der Waals surface area contributed by atoms with Gasteiger partial charge in [0, 0.05) is 12.6 Å². The second-order valence-electron chi connectivity index (χ2n) is 7.71. The minimum Gasteiger partial charge on any atom is -0.303 e.